The number of amides is 4. The molecule has 0 aromatic heterocycles. The normalized spacial score (nSPS) is 13.9. The van der Waals surface area contributed by atoms with Crippen LogP contribution in [0.2, 0.25) is 0 Å². The molecule has 33 heavy (non-hydrogen) atoms. The molecule has 2 aromatic carbocycles. The Labute approximate surface area is 189 Å². The number of nitrogens with two attached hydrogens (primary N) is 1. The summed E-state index contributed by atoms with van der Waals surface area (Å²) in [5.41, 5.74) is 5.42. The maximum atomic E-state index is 13.9. The molecule has 174 valence electrons. The number of halogens is 2. The Morgan fingerprint density at radius 2 is 1.70 bits per heavy atom. The number of carbonyl (C=O) groups excluding carboxylic acids is 4. The van der Waals surface area contributed by atoms with Crippen LogP contribution in [0.25, 0.3) is 0 Å². The van der Waals surface area contributed by atoms with Crippen molar-refractivity contribution in [3.63, 3.8) is 0 Å². The minimum atomic E-state index is -0.925. The Bertz CT molecular complexity index is 1070. The van der Waals surface area contributed by atoms with Crippen LogP contribution in [-0.4, -0.2) is 48.2 Å². The van der Waals surface area contributed by atoms with Crippen LogP contribution in [-0.2, 0) is 9.59 Å². The number of carbonyl (C=O) groups is 4. The lowest BCUT2D eigenvalue weighted by Gasteiger charge is -2.31. The minimum Gasteiger partial charge on any atom is -0.370 e. The smallest absolute Gasteiger partial charge is 0.256 e. The largest absolute Gasteiger partial charge is 0.370 e. The van der Waals surface area contributed by atoms with Crippen LogP contribution in [0.5, 0.6) is 0 Å². The molecule has 1 fully saturated rings. The summed E-state index contributed by atoms with van der Waals surface area (Å²) < 4.78 is 27.0. The highest BCUT2D eigenvalue weighted by Crippen LogP contribution is 2.23. The molecule has 4 N–H and O–H groups in total. The van der Waals surface area contributed by atoms with Crippen LogP contribution in [0, 0.1) is 17.6 Å². The average Bonchev–Trinajstić information content (AvgIpc) is 2.79. The van der Waals surface area contributed by atoms with Gasteiger partial charge in [-0.25, -0.2) is 8.78 Å². The van der Waals surface area contributed by atoms with Crippen molar-refractivity contribution in [2.24, 2.45) is 11.7 Å². The van der Waals surface area contributed by atoms with Gasteiger partial charge >= 0.3 is 0 Å². The molecule has 3 rings (SSSR count). The van der Waals surface area contributed by atoms with E-state index >= 15 is 0 Å². The maximum Gasteiger partial charge on any atom is 0.256 e. The summed E-state index contributed by atoms with van der Waals surface area (Å²) in [5, 5.41) is 5.33. The molecule has 0 bridgehead atoms. The van der Waals surface area contributed by atoms with Crippen molar-refractivity contribution >= 4 is 29.3 Å². The molecule has 0 aliphatic carbocycles. The number of nitrogens with zero attached hydrogens (tertiary/aromatic N) is 1. The number of piperidine rings is 1. The molecule has 1 heterocycles. The van der Waals surface area contributed by atoms with E-state index in [9.17, 15) is 28.0 Å². The van der Waals surface area contributed by atoms with Gasteiger partial charge in [-0.05, 0) is 37.1 Å². The maximum absolute atomic E-state index is 13.9. The van der Waals surface area contributed by atoms with Gasteiger partial charge < -0.3 is 21.3 Å². The van der Waals surface area contributed by atoms with Gasteiger partial charge in [0.2, 0.25) is 11.8 Å². The minimum absolute atomic E-state index is 0.000613. The first-order valence-electron chi connectivity index (χ1n) is 10.5. The van der Waals surface area contributed by atoms with Crippen molar-refractivity contribution in [3.05, 3.63) is 65.2 Å². The molecule has 1 saturated heterocycles. The van der Waals surface area contributed by atoms with Crippen molar-refractivity contribution in [1.29, 1.82) is 0 Å². The zero-order chi connectivity index (χ0) is 24.0. The summed E-state index contributed by atoms with van der Waals surface area (Å²) in [4.78, 5) is 50.0. The molecule has 0 atom stereocenters. The fourth-order valence-corrected chi connectivity index (χ4v) is 3.60. The molecular weight excluding hydrogens is 434 g/mol. The SMILES string of the molecule is NC(=O)CCNC(=O)c1ccccc1NC(=O)C1CCN(C(=O)c2ccc(F)cc2F)CC1. The number of likely N-dealkylation sites (tertiary alicyclic amines) is 1. The van der Waals surface area contributed by atoms with Crippen molar-refractivity contribution in [2.45, 2.75) is 19.3 Å². The van der Waals surface area contributed by atoms with Crippen molar-refractivity contribution in [3.8, 4) is 0 Å². The molecule has 2 aromatic rings. The van der Waals surface area contributed by atoms with E-state index in [1.165, 1.54) is 4.90 Å². The van der Waals surface area contributed by atoms with E-state index in [1.54, 1.807) is 24.3 Å². The lowest BCUT2D eigenvalue weighted by molar-refractivity contribution is -0.121. The third kappa shape index (κ3) is 6.12. The fourth-order valence-electron chi connectivity index (χ4n) is 3.60. The van der Waals surface area contributed by atoms with Gasteiger partial charge in [-0.3, -0.25) is 19.2 Å². The summed E-state index contributed by atoms with van der Waals surface area (Å²) >= 11 is 0. The van der Waals surface area contributed by atoms with Crippen molar-refractivity contribution in [1.82, 2.24) is 10.2 Å². The predicted molar refractivity (Wildman–Crippen MR) is 116 cm³/mol. The second-order valence-corrected chi connectivity index (χ2v) is 7.70. The third-order valence-corrected chi connectivity index (χ3v) is 5.40. The molecule has 0 radical (unpaired) electrons. The Morgan fingerprint density at radius 1 is 1.00 bits per heavy atom. The van der Waals surface area contributed by atoms with Crippen LogP contribution >= 0.6 is 0 Å². The third-order valence-electron chi connectivity index (χ3n) is 5.40. The molecule has 0 spiro atoms. The topological polar surface area (TPSA) is 122 Å². The Morgan fingerprint density at radius 3 is 2.36 bits per heavy atom. The number of benzene rings is 2. The molecule has 0 unspecified atom stereocenters. The number of anilines is 1. The summed E-state index contributed by atoms with van der Waals surface area (Å²) in [5.74, 6) is -3.93. The first-order chi connectivity index (χ1) is 15.8. The number of hydrogen-bond acceptors (Lipinski definition) is 4. The summed E-state index contributed by atoms with van der Waals surface area (Å²) in [7, 11) is 0. The predicted octanol–water partition coefficient (Wildman–Crippen LogP) is 2.06. The molecule has 1 aliphatic rings. The summed E-state index contributed by atoms with van der Waals surface area (Å²) in [6.45, 7) is 0.559. The molecule has 8 nitrogen and oxygen atoms in total. The van der Waals surface area contributed by atoms with Crippen LogP contribution in [0.15, 0.2) is 42.5 Å². The highest BCUT2D eigenvalue weighted by molar-refractivity contribution is 6.04. The van der Waals surface area contributed by atoms with Gasteiger partial charge in [0.05, 0.1) is 16.8 Å². The van der Waals surface area contributed by atoms with Crippen LogP contribution in [0.3, 0.4) is 0 Å². The van der Waals surface area contributed by atoms with Gasteiger partial charge in [-0.15, -0.1) is 0 Å². The zero-order valence-electron chi connectivity index (χ0n) is 17.8. The van der Waals surface area contributed by atoms with Crippen molar-refractivity contribution in [2.75, 3.05) is 25.0 Å². The Kier molecular flexibility index (Phi) is 7.70. The standard InChI is InChI=1S/C23H24F2N4O4/c24-15-5-6-16(18(25)13-15)23(33)29-11-8-14(9-12-29)21(31)28-19-4-2-1-3-17(19)22(32)27-10-7-20(26)30/h1-6,13-14H,7-12H2,(H2,26,30)(H,27,32)(H,28,31). The Balaban J connectivity index is 1.58. The second kappa shape index (κ2) is 10.7. The first-order valence-corrected chi connectivity index (χ1v) is 10.5. The van der Waals surface area contributed by atoms with E-state index in [4.69, 9.17) is 5.73 Å². The van der Waals surface area contributed by atoms with E-state index in [0.29, 0.717) is 24.6 Å². The van der Waals surface area contributed by atoms with E-state index in [2.05, 4.69) is 10.6 Å². The highest BCUT2D eigenvalue weighted by Gasteiger charge is 2.29. The van der Waals surface area contributed by atoms with Gasteiger partial charge in [0.15, 0.2) is 0 Å². The monoisotopic (exact) mass is 458 g/mol. The molecule has 1 aliphatic heterocycles. The quantitative estimate of drug-likeness (QED) is 0.588. The first kappa shape index (κ1) is 23.8. The average molecular weight is 458 g/mol. The van der Waals surface area contributed by atoms with Gasteiger partial charge in [0.25, 0.3) is 11.8 Å². The molecule has 0 saturated carbocycles. The van der Waals surface area contributed by atoms with Gasteiger partial charge in [0.1, 0.15) is 11.6 Å². The van der Waals surface area contributed by atoms with E-state index < -0.39 is 35.3 Å². The van der Waals surface area contributed by atoms with Crippen molar-refractivity contribution < 1.29 is 28.0 Å². The number of hydrogen-bond donors (Lipinski definition) is 3. The number of nitrogens with one attached hydrogen (secondary N) is 2. The van der Waals surface area contributed by atoms with Gasteiger partial charge in [0, 0.05) is 38.0 Å². The lowest BCUT2D eigenvalue weighted by Crippen LogP contribution is -2.41. The number of para-hydroxylation sites is 1. The van der Waals surface area contributed by atoms with Gasteiger partial charge in [-0.2, -0.15) is 0 Å². The summed E-state index contributed by atoms with van der Waals surface area (Å²) in [6.07, 6.45) is 0.708. The number of rotatable bonds is 7. The molecule has 10 heteroatoms. The molecular formula is C23H24F2N4O4. The second-order valence-electron chi connectivity index (χ2n) is 7.70. The van der Waals surface area contributed by atoms with E-state index in [-0.39, 0.29) is 43.1 Å². The zero-order valence-corrected chi connectivity index (χ0v) is 17.8. The molecule has 4 amide bonds. The fraction of sp³-hybridized carbons (Fsp3) is 0.304. The highest BCUT2D eigenvalue weighted by atomic mass is 19.1. The summed E-state index contributed by atoms with van der Waals surface area (Å²) in [6, 6.07) is 9.26. The van der Waals surface area contributed by atoms with Crippen LogP contribution < -0.4 is 16.4 Å². The van der Waals surface area contributed by atoms with Gasteiger partial charge in [-0.1, -0.05) is 12.1 Å². The van der Waals surface area contributed by atoms with E-state index in [0.717, 1.165) is 12.1 Å². The van der Waals surface area contributed by atoms with Crippen LogP contribution in [0.4, 0.5) is 14.5 Å². The van der Waals surface area contributed by atoms with Crippen LogP contribution in [0.1, 0.15) is 40.0 Å². The number of primary amides is 1. The van der Waals surface area contributed by atoms with E-state index in [1.807, 2.05) is 0 Å². The lowest BCUT2D eigenvalue weighted by atomic mass is 9.95. The Hall–Kier alpha value is -3.82.